The molecule has 0 unspecified atom stereocenters. The molecule has 1 aromatic heterocycles. The first-order chi connectivity index (χ1) is 13.8. The number of thiazole rings is 1. The van der Waals surface area contributed by atoms with E-state index >= 15 is 0 Å². The molecule has 3 nitrogen and oxygen atoms in total. The van der Waals surface area contributed by atoms with Gasteiger partial charge >= 0.3 is 0 Å². The van der Waals surface area contributed by atoms with Gasteiger partial charge in [-0.15, -0.1) is 11.3 Å². The van der Waals surface area contributed by atoms with Crippen molar-refractivity contribution in [3.63, 3.8) is 0 Å². The summed E-state index contributed by atoms with van der Waals surface area (Å²) in [6.45, 7) is 3.06. The smallest absolute Gasteiger partial charge is 0.187 e. The molecule has 0 radical (unpaired) electrons. The lowest BCUT2D eigenvalue weighted by atomic mass is 10.1. The molecule has 0 spiro atoms. The molecule has 0 fully saturated rings. The normalized spacial score (nSPS) is 11.9. The molecule has 4 rings (SSSR count). The summed E-state index contributed by atoms with van der Waals surface area (Å²) in [5.74, 6) is 0.940. The highest BCUT2D eigenvalue weighted by molar-refractivity contribution is 7.16. The molecule has 28 heavy (non-hydrogen) atoms. The van der Waals surface area contributed by atoms with Crippen LogP contribution < -0.4 is 10.1 Å². The molecule has 4 heteroatoms. The molecular weight excluding hydrogens is 364 g/mol. The number of nitrogens with one attached hydrogen (secondary N) is 1. The van der Waals surface area contributed by atoms with E-state index in [0.717, 1.165) is 41.7 Å². The first-order valence-electron chi connectivity index (χ1n) is 10.4. The number of rotatable bonds is 10. The third-order valence-corrected chi connectivity index (χ3v) is 6.16. The molecule has 0 aliphatic heterocycles. The molecular formula is C24H28N2OS. The molecule has 0 saturated heterocycles. The van der Waals surface area contributed by atoms with E-state index in [0.29, 0.717) is 0 Å². The Morgan fingerprint density at radius 2 is 1.75 bits per heavy atom. The summed E-state index contributed by atoms with van der Waals surface area (Å²) in [6.07, 6.45) is 8.71. The minimum Gasteiger partial charge on any atom is -0.494 e. The van der Waals surface area contributed by atoms with Gasteiger partial charge < -0.3 is 10.1 Å². The van der Waals surface area contributed by atoms with Gasteiger partial charge in [0.2, 0.25) is 0 Å². The van der Waals surface area contributed by atoms with Crippen LogP contribution >= 0.6 is 11.3 Å². The second kappa shape index (κ2) is 9.24. The van der Waals surface area contributed by atoms with Crippen LogP contribution in [0.2, 0.25) is 0 Å². The third-order valence-electron chi connectivity index (χ3n) is 5.19. The molecule has 146 valence electrons. The van der Waals surface area contributed by atoms with Crippen LogP contribution in [-0.4, -0.2) is 11.6 Å². The highest BCUT2D eigenvalue weighted by atomic mass is 32.1. The van der Waals surface area contributed by atoms with Gasteiger partial charge in [-0.25, -0.2) is 4.98 Å². The van der Waals surface area contributed by atoms with Crippen LogP contribution in [0.1, 0.15) is 55.9 Å². The van der Waals surface area contributed by atoms with Crippen molar-refractivity contribution in [2.24, 2.45) is 0 Å². The van der Waals surface area contributed by atoms with E-state index in [-0.39, 0.29) is 0 Å². The van der Waals surface area contributed by atoms with E-state index in [4.69, 9.17) is 9.72 Å². The molecule has 0 atom stereocenters. The summed E-state index contributed by atoms with van der Waals surface area (Å²) in [5.41, 5.74) is 4.85. The van der Waals surface area contributed by atoms with Gasteiger partial charge in [0.25, 0.3) is 0 Å². The predicted octanol–water partition coefficient (Wildman–Crippen LogP) is 7.20. The van der Waals surface area contributed by atoms with E-state index in [1.807, 2.05) is 12.1 Å². The van der Waals surface area contributed by atoms with Gasteiger partial charge in [0.05, 0.1) is 12.3 Å². The van der Waals surface area contributed by atoms with E-state index in [9.17, 15) is 0 Å². The maximum absolute atomic E-state index is 5.87. The highest BCUT2D eigenvalue weighted by Gasteiger charge is 2.22. The molecule has 0 bridgehead atoms. The van der Waals surface area contributed by atoms with E-state index in [1.165, 1.54) is 48.1 Å². The molecule has 3 aromatic rings. The summed E-state index contributed by atoms with van der Waals surface area (Å²) in [6, 6.07) is 16.8. The van der Waals surface area contributed by atoms with Gasteiger partial charge in [-0.05, 0) is 36.2 Å². The minimum absolute atomic E-state index is 0.803. The third kappa shape index (κ3) is 4.56. The van der Waals surface area contributed by atoms with E-state index in [1.54, 1.807) is 11.3 Å². The van der Waals surface area contributed by atoms with Crippen molar-refractivity contribution < 1.29 is 4.74 Å². The van der Waals surface area contributed by atoms with Crippen molar-refractivity contribution in [2.75, 3.05) is 11.9 Å². The van der Waals surface area contributed by atoms with E-state index in [2.05, 4.69) is 48.6 Å². The van der Waals surface area contributed by atoms with Gasteiger partial charge in [0.1, 0.15) is 5.75 Å². The quantitative estimate of drug-likeness (QED) is 0.290. The first kappa shape index (κ1) is 19.0. The van der Waals surface area contributed by atoms with Gasteiger partial charge in [0.15, 0.2) is 5.13 Å². The first-order valence-corrected chi connectivity index (χ1v) is 11.2. The molecule has 0 saturated carbocycles. The maximum atomic E-state index is 5.87. The van der Waals surface area contributed by atoms with Crippen LogP contribution in [-0.2, 0) is 6.42 Å². The van der Waals surface area contributed by atoms with Gasteiger partial charge in [-0.3, -0.25) is 0 Å². The number of fused-ring (bicyclic) bond motifs is 3. The van der Waals surface area contributed by atoms with Gasteiger partial charge in [-0.2, -0.15) is 0 Å². The number of benzene rings is 2. The summed E-state index contributed by atoms with van der Waals surface area (Å²) < 4.78 is 5.87. The van der Waals surface area contributed by atoms with Crippen LogP contribution in [0, 0.1) is 0 Å². The maximum Gasteiger partial charge on any atom is 0.187 e. The molecule has 2 aromatic carbocycles. The zero-order valence-electron chi connectivity index (χ0n) is 16.5. The number of hydrogen-bond donors (Lipinski definition) is 1. The number of anilines is 2. The Balaban J connectivity index is 1.27. The van der Waals surface area contributed by atoms with Crippen molar-refractivity contribution in [1.82, 2.24) is 4.98 Å². The molecule has 1 aliphatic carbocycles. The lowest BCUT2D eigenvalue weighted by molar-refractivity contribution is 0.304. The number of unbranched alkanes of at least 4 members (excludes halogenated alkanes) is 5. The zero-order chi connectivity index (χ0) is 19.2. The monoisotopic (exact) mass is 392 g/mol. The van der Waals surface area contributed by atoms with Gasteiger partial charge in [-0.1, -0.05) is 63.3 Å². The predicted molar refractivity (Wildman–Crippen MR) is 119 cm³/mol. The van der Waals surface area contributed by atoms with E-state index < -0.39 is 0 Å². The standard InChI is InChI=1S/C24H28N2OS/c1-2-3-4-5-6-9-16-27-20-14-12-19(13-15-20)25-24-26-23-21-11-8-7-10-18(21)17-22(23)28-24/h7-8,10-15H,2-6,9,16-17H2,1H3,(H,25,26). The largest absolute Gasteiger partial charge is 0.494 e. The fourth-order valence-electron chi connectivity index (χ4n) is 3.64. The molecule has 1 N–H and O–H groups in total. The summed E-state index contributed by atoms with van der Waals surface area (Å²) in [4.78, 5) is 6.17. The lowest BCUT2D eigenvalue weighted by Crippen LogP contribution is -1.97. The fraction of sp³-hybridized carbons (Fsp3) is 0.375. The fourth-order valence-corrected chi connectivity index (χ4v) is 4.66. The zero-order valence-corrected chi connectivity index (χ0v) is 17.4. The van der Waals surface area contributed by atoms with Crippen LogP contribution in [0.4, 0.5) is 10.8 Å². The Bertz CT molecular complexity index is 901. The summed E-state index contributed by atoms with van der Waals surface area (Å²) in [7, 11) is 0. The number of ether oxygens (including phenoxy) is 1. The SMILES string of the molecule is CCCCCCCCOc1ccc(Nc2nc3c(s2)Cc2ccccc2-3)cc1. The van der Waals surface area contributed by atoms with Crippen LogP contribution in [0.5, 0.6) is 5.75 Å². The molecule has 0 amide bonds. The Kier molecular flexibility index (Phi) is 6.27. The van der Waals surface area contributed by atoms with Crippen LogP contribution in [0.25, 0.3) is 11.3 Å². The average Bonchev–Trinajstić information content (AvgIpc) is 3.26. The Labute approximate surface area is 171 Å². The van der Waals surface area contributed by atoms with Crippen molar-refractivity contribution in [1.29, 1.82) is 0 Å². The summed E-state index contributed by atoms with van der Waals surface area (Å²) >= 11 is 1.75. The van der Waals surface area contributed by atoms with Crippen LogP contribution in [0.3, 0.4) is 0 Å². The van der Waals surface area contributed by atoms with Crippen molar-refractivity contribution in [3.8, 4) is 17.0 Å². The second-order valence-corrected chi connectivity index (χ2v) is 8.47. The van der Waals surface area contributed by atoms with Gasteiger partial charge in [0, 0.05) is 22.5 Å². The highest BCUT2D eigenvalue weighted by Crippen LogP contribution is 2.41. The second-order valence-electron chi connectivity index (χ2n) is 7.39. The average molecular weight is 393 g/mol. The summed E-state index contributed by atoms with van der Waals surface area (Å²) in [5, 5.41) is 4.40. The number of aromatic nitrogens is 1. The van der Waals surface area contributed by atoms with Crippen molar-refractivity contribution in [2.45, 2.75) is 51.9 Å². The number of hydrogen-bond acceptors (Lipinski definition) is 4. The van der Waals surface area contributed by atoms with Crippen LogP contribution in [0.15, 0.2) is 48.5 Å². The molecule has 1 aliphatic rings. The molecule has 1 heterocycles. The Hall–Kier alpha value is -2.33. The minimum atomic E-state index is 0.803. The lowest BCUT2D eigenvalue weighted by Gasteiger charge is -2.08. The number of nitrogens with zero attached hydrogens (tertiary/aromatic N) is 1. The Morgan fingerprint density at radius 1 is 0.964 bits per heavy atom. The van der Waals surface area contributed by atoms with Crippen molar-refractivity contribution in [3.05, 3.63) is 59.0 Å². The Morgan fingerprint density at radius 3 is 2.61 bits per heavy atom. The topological polar surface area (TPSA) is 34.1 Å². The van der Waals surface area contributed by atoms with Crippen molar-refractivity contribution >= 4 is 22.2 Å².